The molecule has 0 saturated carbocycles. The Morgan fingerprint density at radius 3 is 2.55 bits per heavy atom. The molecule has 156 valence electrons. The van der Waals surface area contributed by atoms with E-state index in [2.05, 4.69) is 5.32 Å². The van der Waals surface area contributed by atoms with Gasteiger partial charge in [0.15, 0.2) is 11.5 Å². The Morgan fingerprint density at radius 2 is 1.93 bits per heavy atom. The minimum Gasteiger partial charge on any atom is -0.493 e. The fraction of sp³-hybridized carbons (Fsp3) is 0.316. The fourth-order valence-electron chi connectivity index (χ4n) is 2.55. The number of benzene rings is 2. The smallest absolute Gasteiger partial charge is 0.313 e. The molecule has 2 aromatic rings. The summed E-state index contributed by atoms with van der Waals surface area (Å²) in [5, 5.41) is 23.3. The quantitative estimate of drug-likeness (QED) is 0.444. The van der Waals surface area contributed by atoms with Crippen LogP contribution < -0.4 is 14.8 Å². The number of aliphatic hydroxyl groups is 1. The molecule has 0 spiro atoms. The number of hydrogen-bond acceptors (Lipinski definition) is 7. The van der Waals surface area contributed by atoms with E-state index in [0.29, 0.717) is 12.0 Å². The topological polar surface area (TPSA) is 120 Å². The molecule has 29 heavy (non-hydrogen) atoms. The van der Waals surface area contributed by atoms with Gasteiger partial charge < -0.3 is 24.6 Å². The van der Waals surface area contributed by atoms with Crippen LogP contribution >= 0.6 is 11.6 Å². The van der Waals surface area contributed by atoms with Gasteiger partial charge in [-0.25, -0.2) is 0 Å². The number of methoxy groups -OCH3 is 2. The zero-order valence-electron chi connectivity index (χ0n) is 15.9. The first kappa shape index (κ1) is 22.4. The van der Waals surface area contributed by atoms with Crippen LogP contribution in [-0.4, -0.2) is 49.4 Å². The molecule has 0 bridgehead atoms. The van der Waals surface area contributed by atoms with Crippen LogP contribution in [0.25, 0.3) is 0 Å². The van der Waals surface area contributed by atoms with Crippen molar-refractivity contribution >= 4 is 23.2 Å². The van der Waals surface area contributed by atoms with E-state index in [0.717, 1.165) is 0 Å². The Labute approximate surface area is 172 Å². The van der Waals surface area contributed by atoms with Crippen LogP contribution in [0.15, 0.2) is 36.4 Å². The Morgan fingerprint density at radius 1 is 1.21 bits per heavy atom. The number of halogens is 1. The van der Waals surface area contributed by atoms with E-state index in [1.54, 1.807) is 0 Å². The number of nitrogens with one attached hydrogen (secondary N) is 1. The molecule has 2 N–H and O–H groups in total. The van der Waals surface area contributed by atoms with Crippen LogP contribution in [0, 0.1) is 10.1 Å². The van der Waals surface area contributed by atoms with Gasteiger partial charge in [0, 0.05) is 30.4 Å². The summed E-state index contributed by atoms with van der Waals surface area (Å²) < 4.78 is 15.9. The zero-order valence-corrected chi connectivity index (χ0v) is 16.6. The van der Waals surface area contributed by atoms with Gasteiger partial charge in [0.2, 0.25) is 5.75 Å². The summed E-state index contributed by atoms with van der Waals surface area (Å²) in [7, 11) is 2.89. The minimum atomic E-state index is -0.605. The molecule has 2 rings (SSSR count). The number of ether oxygens (including phenoxy) is 3. The summed E-state index contributed by atoms with van der Waals surface area (Å²) in [5.41, 5.74) is -0.00775. The molecule has 0 unspecified atom stereocenters. The first-order valence-corrected chi connectivity index (χ1v) is 8.97. The maximum atomic E-state index is 12.5. The molecule has 1 amide bonds. The average molecular weight is 425 g/mol. The van der Waals surface area contributed by atoms with Gasteiger partial charge in [-0.05, 0) is 36.8 Å². The summed E-state index contributed by atoms with van der Waals surface area (Å²) in [6.07, 6.45) is 0.345. The molecule has 2 aromatic carbocycles. The van der Waals surface area contributed by atoms with Crippen molar-refractivity contribution in [2.75, 3.05) is 27.4 Å². The van der Waals surface area contributed by atoms with Crippen molar-refractivity contribution in [2.24, 2.45) is 0 Å². The molecule has 0 radical (unpaired) electrons. The number of hydrogen-bond donors (Lipinski definition) is 2. The standard InChI is InChI=1S/C19H21ClN2O7/c1-27-11-14(7-8-23)21-19(24)12-3-5-17(18(9-12)28-2)29-16-6-4-13(20)10-15(16)22(25)26/h3-6,9-10,14,23H,7-8,11H2,1-2H3,(H,21,24)/t14-/m1/s1. The Kier molecular flexibility index (Phi) is 8.20. The molecule has 9 nitrogen and oxygen atoms in total. The van der Waals surface area contributed by atoms with E-state index in [4.69, 9.17) is 30.9 Å². The molecule has 0 aliphatic carbocycles. The number of carbonyl (C=O) groups excluding carboxylic acids is 1. The lowest BCUT2D eigenvalue weighted by Crippen LogP contribution is -2.38. The van der Waals surface area contributed by atoms with Gasteiger partial charge >= 0.3 is 5.69 Å². The van der Waals surface area contributed by atoms with E-state index in [-0.39, 0.29) is 53.1 Å². The summed E-state index contributed by atoms with van der Waals surface area (Å²) >= 11 is 5.81. The van der Waals surface area contributed by atoms with Gasteiger partial charge in [0.1, 0.15) is 0 Å². The van der Waals surface area contributed by atoms with Crippen molar-refractivity contribution in [1.82, 2.24) is 5.32 Å². The third-order valence-corrected chi connectivity index (χ3v) is 4.18. The molecular weight excluding hydrogens is 404 g/mol. The Balaban J connectivity index is 2.25. The molecule has 0 heterocycles. The number of nitro benzene ring substituents is 1. The number of amides is 1. The number of nitro groups is 1. The van der Waals surface area contributed by atoms with Gasteiger partial charge in [-0.15, -0.1) is 0 Å². The second kappa shape index (κ2) is 10.6. The number of aliphatic hydroxyl groups excluding tert-OH is 1. The lowest BCUT2D eigenvalue weighted by atomic mass is 10.1. The van der Waals surface area contributed by atoms with Gasteiger partial charge in [0.25, 0.3) is 5.91 Å². The molecule has 0 aliphatic heterocycles. The van der Waals surface area contributed by atoms with Crippen molar-refractivity contribution < 1.29 is 29.0 Å². The van der Waals surface area contributed by atoms with Crippen LogP contribution in [0.4, 0.5) is 5.69 Å². The van der Waals surface area contributed by atoms with Gasteiger partial charge in [-0.1, -0.05) is 11.6 Å². The van der Waals surface area contributed by atoms with E-state index in [9.17, 15) is 14.9 Å². The molecule has 0 saturated heterocycles. The van der Waals surface area contributed by atoms with Gasteiger partial charge in [-0.2, -0.15) is 0 Å². The third-order valence-electron chi connectivity index (χ3n) is 3.94. The highest BCUT2D eigenvalue weighted by atomic mass is 35.5. The van der Waals surface area contributed by atoms with Crippen molar-refractivity contribution in [1.29, 1.82) is 0 Å². The highest BCUT2D eigenvalue weighted by Crippen LogP contribution is 2.37. The van der Waals surface area contributed by atoms with E-state index in [1.807, 2.05) is 0 Å². The Hall–Kier alpha value is -2.88. The van der Waals surface area contributed by atoms with E-state index in [1.165, 1.54) is 50.6 Å². The van der Waals surface area contributed by atoms with Crippen molar-refractivity contribution in [3.05, 3.63) is 57.1 Å². The van der Waals surface area contributed by atoms with Crippen LogP contribution in [0.3, 0.4) is 0 Å². The Bertz CT molecular complexity index is 870. The first-order valence-electron chi connectivity index (χ1n) is 8.60. The van der Waals surface area contributed by atoms with Gasteiger partial charge in [-0.3, -0.25) is 14.9 Å². The second-order valence-electron chi connectivity index (χ2n) is 5.97. The number of nitrogens with zero attached hydrogens (tertiary/aromatic N) is 1. The fourth-order valence-corrected chi connectivity index (χ4v) is 2.72. The summed E-state index contributed by atoms with van der Waals surface area (Å²) in [4.78, 5) is 23.1. The molecule has 0 aliphatic rings. The van der Waals surface area contributed by atoms with Crippen molar-refractivity contribution in [2.45, 2.75) is 12.5 Å². The van der Waals surface area contributed by atoms with Crippen molar-refractivity contribution in [3.8, 4) is 17.2 Å². The van der Waals surface area contributed by atoms with Gasteiger partial charge in [0.05, 0.1) is 24.7 Å². The van der Waals surface area contributed by atoms with Crippen LogP contribution in [0.1, 0.15) is 16.8 Å². The van der Waals surface area contributed by atoms with Crippen LogP contribution in [0.2, 0.25) is 5.02 Å². The highest BCUT2D eigenvalue weighted by Gasteiger charge is 2.20. The second-order valence-corrected chi connectivity index (χ2v) is 6.41. The third kappa shape index (κ3) is 6.05. The largest absolute Gasteiger partial charge is 0.493 e. The van der Waals surface area contributed by atoms with Crippen molar-refractivity contribution in [3.63, 3.8) is 0 Å². The SMILES string of the molecule is COC[C@@H](CCO)NC(=O)c1ccc(Oc2ccc(Cl)cc2[N+](=O)[O-])c(OC)c1. The maximum absolute atomic E-state index is 12.5. The molecule has 0 aromatic heterocycles. The molecule has 1 atom stereocenters. The number of rotatable bonds is 10. The zero-order chi connectivity index (χ0) is 21.4. The predicted octanol–water partition coefficient (Wildman–Crippen LogP) is 3.18. The molecule has 0 fully saturated rings. The minimum absolute atomic E-state index is 0.0157. The first-order chi connectivity index (χ1) is 13.9. The molecule has 10 heteroatoms. The predicted molar refractivity (Wildman–Crippen MR) is 106 cm³/mol. The van der Waals surface area contributed by atoms with E-state index < -0.39 is 4.92 Å². The van der Waals surface area contributed by atoms with Crippen LogP contribution in [-0.2, 0) is 4.74 Å². The highest BCUT2D eigenvalue weighted by molar-refractivity contribution is 6.30. The molecular formula is C19H21ClN2O7. The lowest BCUT2D eigenvalue weighted by molar-refractivity contribution is -0.385. The monoisotopic (exact) mass is 424 g/mol. The average Bonchev–Trinajstić information content (AvgIpc) is 2.69. The van der Waals surface area contributed by atoms with Crippen LogP contribution in [0.5, 0.6) is 17.2 Å². The maximum Gasteiger partial charge on any atom is 0.313 e. The lowest BCUT2D eigenvalue weighted by Gasteiger charge is -2.17. The normalized spacial score (nSPS) is 11.6. The summed E-state index contributed by atoms with van der Waals surface area (Å²) in [6.45, 7) is 0.162. The summed E-state index contributed by atoms with van der Waals surface area (Å²) in [6, 6.07) is 8.11. The number of carbonyl (C=O) groups is 1. The van der Waals surface area contributed by atoms with E-state index >= 15 is 0 Å². The summed E-state index contributed by atoms with van der Waals surface area (Å²) in [5.74, 6) is 0.00597.